The molecule has 0 saturated carbocycles. The van der Waals surface area contributed by atoms with Crippen molar-refractivity contribution in [3.63, 3.8) is 0 Å². The maximum absolute atomic E-state index is 8.52. The monoisotopic (exact) mass is 220 g/mol. The first-order valence-electron chi connectivity index (χ1n) is 5.67. The van der Waals surface area contributed by atoms with Crippen molar-refractivity contribution in [1.29, 1.82) is 0 Å². The van der Waals surface area contributed by atoms with Crippen LogP contribution in [0, 0.1) is 0 Å². The molecule has 0 aliphatic rings. The van der Waals surface area contributed by atoms with Crippen molar-refractivity contribution in [2.75, 3.05) is 46.8 Å². The second kappa shape index (κ2) is 13.8. The third-order valence-electron chi connectivity index (χ3n) is 1.91. The highest BCUT2D eigenvalue weighted by Gasteiger charge is 1.91. The van der Waals surface area contributed by atoms with Gasteiger partial charge in [0, 0.05) is 46.8 Å². The Hall–Kier alpha value is -0.160. The Morgan fingerprint density at radius 1 is 0.733 bits per heavy atom. The van der Waals surface area contributed by atoms with Crippen LogP contribution in [0.2, 0.25) is 0 Å². The molecule has 4 heteroatoms. The highest BCUT2D eigenvalue weighted by Crippen LogP contribution is 1.91. The molecule has 0 saturated heterocycles. The Balaban J connectivity index is 2.81. The summed E-state index contributed by atoms with van der Waals surface area (Å²) in [6, 6.07) is 0. The summed E-state index contributed by atoms with van der Waals surface area (Å²) in [6.45, 7) is 4.02. The van der Waals surface area contributed by atoms with Crippen LogP contribution in [0.4, 0.5) is 0 Å². The van der Waals surface area contributed by atoms with Crippen molar-refractivity contribution >= 4 is 0 Å². The van der Waals surface area contributed by atoms with Crippen molar-refractivity contribution in [1.82, 2.24) is 0 Å². The Bertz CT molecular complexity index is 96.8. The van der Waals surface area contributed by atoms with Gasteiger partial charge in [-0.1, -0.05) is 0 Å². The van der Waals surface area contributed by atoms with E-state index in [1.165, 1.54) is 0 Å². The van der Waals surface area contributed by atoms with Crippen LogP contribution >= 0.6 is 0 Å². The van der Waals surface area contributed by atoms with Crippen molar-refractivity contribution in [3.05, 3.63) is 0 Å². The fraction of sp³-hybridized carbons (Fsp3) is 1.00. The van der Waals surface area contributed by atoms with E-state index in [-0.39, 0.29) is 6.61 Å². The second-order valence-electron chi connectivity index (χ2n) is 3.36. The molecule has 92 valence electrons. The Morgan fingerprint density at radius 2 is 1.27 bits per heavy atom. The SMILES string of the molecule is COCCCOCCCOCCCCO. The topological polar surface area (TPSA) is 47.9 Å². The molecule has 0 aliphatic carbocycles. The predicted octanol–water partition coefficient (Wildman–Crippen LogP) is 1.22. The number of methoxy groups -OCH3 is 1. The van der Waals surface area contributed by atoms with Gasteiger partial charge in [-0.15, -0.1) is 0 Å². The van der Waals surface area contributed by atoms with Crippen LogP contribution in [0.5, 0.6) is 0 Å². The van der Waals surface area contributed by atoms with Crippen LogP contribution in [-0.2, 0) is 14.2 Å². The Labute approximate surface area is 92.5 Å². The number of aliphatic hydroxyl groups excluding tert-OH is 1. The first kappa shape index (κ1) is 14.8. The molecule has 0 radical (unpaired) electrons. The van der Waals surface area contributed by atoms with E-state index in [0.717, 1.165) is 58.7 Å². The fourth-order valence-electron chi connectivity index (χ4n) is 1.09. The summed E-state index contributed by atoms with van der Waals surface area (Å²) < 4.78 is 15.6. The molecular weight excluding hydrogens is 196 g/mol. The lowest BCUT2D eigenvalue weighted by Crippen LogP contribution is -2.04. The van der Waals surface area contributed by atoms with E-state index in [9.17, 15) is 0 Å². The fourth-order valence-corrected chi connectivity index (χ4v) is 1.09. The predicted molar refractivity (Wildman–Crippen MR) is 59.1 cm³/mol. The summed E-state index contributed by atoms with van der Waals surface area (Å²) in [6.07, 6.45) is 3.65. The first-order chi connectivity index (χ1) is 7.41. The molecule has 0 heterocycles. The van der Waals surface area contributed by atoms with Crippen LogP contribution in [0.3, 0.4) is 0 Å². The second-order valence-corrected chi connectivity index (χ2v) is 3.36. The van der Waals surface area contributed by atoms with Gasteiger partial charge in [-0.25, -0.2) is 0 Å². The van der Waals surface area contributed by atoms with Gasteiger partial charge in [-0.2, -0.15) is 0 Å². The van der Waals surface area contributed by atoms with Gasteiger partial charge in [0.1, 0.15) is 0 Å². The molecule has 1 N–H and O–H groups in total. The number of ether oxygens (including phenoxy) is 3. The van der Waals surface area contributed by atoms with E-state index >= 15 is 0 Å². The number of rotatable bonds is 12. The Morgan fingerprint density at radius 3 is 1.80 bits per heavy atom. The first-order valence-corrected chi connectivity index (χ1v) is 5.67. The minimum atomic E-state index is 0.256. The largest absolute Gasteiger partial charge is 0.396 e. The van der Waals surface area contributed by atoms with Gasteiger partial charge in [0.15, 0.2) is 0 Å². The zero-order valence-corrected chi connectivity index (χ0v) is 9.74. The zero-order chi connectivity index (χ0) is 11.2. The number of hydrogen-bond acceptors (Lipinski definition) is 4. The molecule has 0 atom stereocenters. The van der Waals surface area contributed by atoms with E-state index in [1.54, 1.807) is 7.11 Å². The highest BCUT2D eigenvalue weighted by molar-refractivity contribution is 4.39. The molecule has 0 aliphatic heterocycles. The minimum absolute atomic E-state index is 0.256. The van der Waals surface area contributed by atoms with E-state index in [4.69, 9.17) is 19.3 Å². The van der Waals surface area contributed by atoms with Crippen LogP contribution in [0.1, 0.15) is 25.7 Å². The molecule has 0 rings (SSSR count). The quantitative estimate of drug-likeness (QED) is 0.502. The molecule has 15 heavy (non-hydrogen) atoms. The van der Waals surface area contributed by atoms with Gasteiger partial charge in [0.25, 0.3) is 0 Å². The molecule has 0 spiro atoms. The summed E-state index contributed by atoms with van der Waals surface area (Å²) >= 11 is 0. The van der Waals surface area contributed by atoms with Crippen molar-refractivity contribution in [3.8, 4) is 0 Å². The lowest BCUT2D eigenvalue weighted by molar-refractivity contribution is 0.0696. The lowest BCUT2D eigenvalue weighted by Gasteiger charge is -2.05. The molecule has 0 bridgehead atoms. The summed E-state index contributed by atoms with van der Waals surface area (Å²) in [5, 5.41) is 8.52. The summed E-state index contributed by atoms with van der Waals surface area (Å²) in [7, 11) is 1.69. The van der Waals surface area contributed by atoms with Crippen LogP contribution in [0.15, 0.2) is 0 Å². The highest BCUT2D eigenvalue weighted by atomic mass is 16.5. The van der Waals surface area contributed by atoms with Gasteiger partial charge in [-0.3, -0.25) is 0 Å². The third kappa shape index (κ3) is 13.8. The smallest absolute Gasteiger partial charge is 0.0488 e. The zero-order valence-electron chi connectivity index (χ0n) is 9.74. The average molecular weight is 220 g/mol. The maximum Gasteiger partial charge on any atom is 0.0488 e. The number of aliphatic hydroxyl groups is 1. The molecule has 0 amide bonds. The number of hydrogen-bond donors (Lipinski definition) is 1. The summed E-state index contributed by atoms with van der Waals surface area (Å²) in [5.74, 6) is 0. The molecule has 0 aromatic carbocycles. The van der Waals surface area contributed by atoms with E-state index in [1.807, 2.05) is 0 Å². The van der Waals surface area contributed by atoms with Gasteiger partial charge in [0.2, 0.25) is 0 Å². The molecule has 0 unspecified atom stereocenters. The van der Waals surface area contributed by atoms with Crippen LogP contribution < -0.4 is 0 Å². The lowest BCUT2D eigenvalue weighted by atomic mass is 10.3. The molecule has 0 aromatic rings. The molecule has 4 nitrogen and oxygen atoms in total. The van der Waals surface area contributed by atoms with E-state index in [2.05, 4.69) is 0 Å². The Kier molecular flexibility index (Phi) is 13.7. The van der Waals surface area contributed by atoms with Crippen molar-refractivity contribution in [2.24, 2.45) is 0 Å². The molecule has 0 fully saturated rings. The van der Waals surface area contributed by atoms with Gasteiger partial charge >= 0.3 is 0 Å². The van der Waals surface area contributed by atoms with E-state index < -0.39 is 0 Å². The van der Waals surface area contributed by atoms with E-state index in [0.29, 0.717) is 0 Å². The third-order valence-corrected chi connectivity index (χ3v) is 1.91. The van der Waals surface area contributed by atoms with Crippen molar-refractivity contribution < 1.29 is 19.3 Å². The van der Waals surface area contributed by atoms with Crippen LogP contribution in [-0.4, -0.2) is 51.9 Å². The minimum Gasteiger partial charge on any atom is -0.396 e. The summed E-state index contributed by atoms with van der Waals surface area (Å²) in [4.78, 5) is 0. The molecule has 0 aromatic heterocycles. The molecular formula is C11H24O4. The number of unbranched alkanes of at least 4 members (excludes halogenated alkanes) is 1. The van der Waals surface area contributed by atoms with Crippen molar-refractivity contribution in [2.45, 2.75) is 25.7 Å². The van der Waals surface area contributed by atoms with Gasteiger partial charge in [-0.05, 0) is 25.7 Å². The summed E-state index contributed by atoms with van der Waals surface area (Å²) in [5.41, 5.74) is 0. The average Bonchev–Trinajstić information content (AvgIpc) is 2.26. The maximum atomic E-state index is 8.52. The van der Waals surface area contributed by atoms with Gasteiger partial charge < -0.3 is 19.3 Å². The standard InChI is InChI=1S/C11H24O4/c1-13-7-4-9-15-11-5-10-14-8-3-2-6-12/h12H,2-11H2,1H3. The van der Waals surface area contributed by atoms with Crippen LogP contribution in [0.25, 0.3) is 0 Å². The van der Waals surface area contributed by atoms with Gasteiger partial charge in [0.05, 0.1) is 0 Å². The normalized spacial score (nSPS) is 10.8.